The second-order valence-corrected chi connectivity index (χ2v) is 5.45. The summed E-state index contributed by atoms with van der Waals surface area (Å²) in [5, 5.41) is 4.32. The van der Waals surface area contributed by atoms with Gasteiger partial charge in [0.05, 0.1) is 13.2 Å². The molecule has 1 aromatic carbocycles. The summed E-state index contributed by atoms with van der Waals surface area (Å²) >= 11 is 0. The minimum atomic E-state index is -0.648. The first-order chi connectivity index (χ1) is 11.6. The van der Waals surface area contributed by atoms with Crippen molar-refractivity contribution in [1.29, 1.82) is 0 Å². The lowest BCUT2D eigenvalue weighted by atomic mass is 9.90. The lowest BCUT2D eigenvalue weighted by Gasteiger charge is -2.30. The number of hydroxylamine groups is 2. The number of carbonyl (C=O) groups is 2. The van der Waals surface area contributed by atoms with Gasteiger partial charge in [-0.1, -0.05) is 12.1 Å². The second-order valence-electron chi connectivity index (χ2n) is 5.45. The van der Waals surface area contributed by atoms with E-state index in [9.17, 15) is 9.59 Å². The summed E-state index contributed by atoms with van der Waals surface area (Å²) in [6.45, 7) is 5.51. The smallest absolute Gasteiger partial charge is 0.450 e. The number of hydrogen-bond donors (Lipinski definition) is 1. The van der Waals surface area contributed by atoms with Crippen LogP contribution in [0.15, 0.2) is 24.3 Å². The molecule has 0 atom stereocenters. The molecule has 0 saturated carbocycles. The van der Waals surface area contributed by atoms with Crippen molar-refractivity contribution in [2.24, 2.45) is 0 Å². The molecule has 7 nitrogen and oxygen atoms in total. The van der Waals surface area contributed by atoms with E-state index >= 15 is 0 Å². The molecule has 1 aromatic rings. The second kappa shape index (κ2) is 9.12. The zero-order chi connectivity index (χ0) is 17.4. The monoisotopic (exact) mass is 336 g/mol. The standard InChI is InChI=1S/C17H24N2O5/c1-3-22-16(20)18-15-7-5-13(6-8-15)14-9-11-19(12-10-14)24-17(21)23-4-2/h5-8,14H,3-4,9-12H2,1-2H3,(H,18,20). The Morgan fingerprint density at radius 3 is 2.29 bits per heavy atom. The summed E-state index contributed by atoms with van der Waals surface area (Å²) in [5.41, 5.74) is 1.92. The number of anilines is 1. The Bertz CT molecular complexity index is 538. The van der Waals surface area contributed by atoms with Crippen LogP contribution in [0.3, 0.4) is 0 Å². The highest BCUT2D eigenvalue weighted by Gasteiger charge is 2.23. The van der Waals surface area contributed by atoms with Gasteiger partial charge in [-0.25, -0.2) is 9.59 Å². The summed E-state index contributed by atoms with van der Waals surface area (Å²) in [5.74, 6) is 0.406. The predicted octanol–water partition coefficient (Wildman–Crippen LogP) is 3.52. The highest BCUT2D eigenvalue weighted by molar-refractivity contribution is 5.84. The van der Waals surface area contributed by atoms with E-state index in [-0.39, 0.29) is 0 Å². The van der Waals surface area contributed by atoms with E-state index in [0.29, 0.717) is 37.9 Å². The third-order valence-electron chi connectivity index (χ3n) is 3.82. The first kappa shape index (κ1) is 18.1. The number of piperidine rings is 1. The molecule has 0 spiro atoms. The Morgan fingerprint density at radius 1 is 1.08 bits per heavy atom. The molecule has 1 N–H and O–H groups in total. The minimum absolute atomic E-state index is 0.307. The van der Waals surface area contributed by atoms with Crippen molar-refractivity contribution in [2.75, 3.05) is 31.6 Å². The van der Waals surface area contributed by atoms with Gasteiger partial charge in [-0.05, 0) is 50.3 Å². The maximum absolute atomic E-state index is 11.4. The van der Waals surface area contributed by atoms with Crippen LogP contribution in [0.4, 0.5) is 15.3 Å². The summed E-state index contributed by atoms with van der Waals surface area (Å²) in [6.07, 6.45) is 0.689. The molecule has 132 valence electrons. The zero-order valence-corrected chi connectivity index (χ0v) is 14.1. The van der Waals surface area contributed by atoms with Gasteiger partial charge < -0.3 is 14.3 Å². The highest BCUT2D eigenvalue weighted by atomic mass is 16.8. The van der Waals surface area contributed by atoms with Crippen molar-refractivity contribution in [2.45, 2.75) is 32.6 Å². The molecular weight excluding hydrogens is 312 g/mol. The fraction of sp³-hybridized carbons (Fsp3) is 0.529. The Labute approximate surface area is 141 Å². The number of hydrogen-bond acceptors (Lipinski definition) is 6. The lowest BCUT2D eigenvalue weighted by Crippen LogP contribution is -2.35. The van der Waals surface area contributed by atoms with Crippen LogP contribution < -0.4 is 5.32 Å². The lowest BCUT2D eigenvalue weighted by molar-refractivity contribution is -0.138. The largest absolute Gasteiger partial charge is 0.527 e. The van der Waals surface area contributed by atoms with Crippen LogP contribution in [0, 0.1) is 0 Å². The molecule has 1 heterocycles. The van der Waals surface area contributed by atoms with E-state index < -0.39 is 12.2 Å². The van der Waals surface area contributed by atoms with Gasteiger partial charge in [0, 0.05) is 18.8 Å². The van der Waals surface area contributed by atoms with Gasteiger partial charge in [0.15, 0.2) is 0 Å². The molecule has 1 aliphatic rings. The third kappa shape index (κ3) is 5.42. The van der Waals surface area contributed by atoms with Crippen molar-refractivity contribution >= 4 is 17.9 Å². The molecule has 1 aliphatic heterocycles. The van der Waals surface area contributed by atoms with E-state index in [1.807, 2.05) is 24.3 Å². The van der Waals surface area contributed by atoms with Crippen molar-refractivity contribution in [3.8, 4) is 0 Å². The molecule has 0 unspecified atom stereocenters. The fourth-order valence-corrected chi connectivity index (χ4v) is 2.65. The van der Waals surface area contributed by atoms with Gasteiger partial charge in [0.25, 0.3) is 0 Å². The van der Waals surface area contributed by atoms with Crippen molar-refractivity contribution in [3.05, 3.63) is 29.8 Å². The summed E-state index contributed by atoms with van der Waals surface area (Å²) in [6, 6.07) is 7.75. The molecule has 2 rings (SSSR count). The minimum Gasteiger partial charge on any atom is -0.450 e. The number of ether oxygens (including phenoxy) is 2. The zero-order valence-electron chi connectivity index (χ0n) is 14.1. The van der Waals surface area contributed by atoms with Gasteiger partial charge in [0.2, 0.25) is 0 Å². The maximum atomic E-state index is 11.4. The number of rotatable bonds is 5. The first-order valence-electron chi connectivity index (χ1n) is 8.25. The van der Waals surface area contributed by atoms with Gasteiger partial charge in [-0.2, -0.15) is 0 Å². The Balaban J connectivity index is 1.81. The maximum Gasteiger partial charge on any atom is 0.527 e. The van der Waals surface area contributed by atoms with E-state index in [1.54, 1.807) is 18.9 Å². The molecule has 0 bridgehead atoms. The number of nitrogens with one attached hydrogen (secondary N) is 1. The topological polar surface area (TPSA) is 77.1 Å². The van der Waals surface area contributed by atoms with Gasteiger partial charge in [-0.15, -0.1) is 5.06 Å². The molecule has 24 heavy (non-hydrogen) atoms. The van der Waals surface area contributed by atoms with Crippen LogP contribution in [-0.4, -0.2) is 43.6 Å². The van der Waals surface area contributed by atoms with E-state index in [1.165, 1.54) is 5.56 Å². The van der Waals surface area contributed by atoms with E-state index in [2.05, 4.69) is 5.32 Å². The summed E-state index contributed by atoms with van der Waals surface area (Å²) in [7, 11) is 0. The first-order valence-corrected chi connectivity index (χ1v) is 8.25. The quantitative estimate of drug-likeness (QED) is 0.829. The van der Waals surface area contributed by atoms with Crippen LogP contribution in [0.5, 0.6) is 0 Å². The molecule has 1 saturated heterocycles. The Kier molecular flexibility index (Phi) is 6.87. The van der Waals surface area contributed by atoms with Crippen LogP contribution >= 0.6 is 0 Å². The normalized spacial score (nSPS) is 15.6. The van der Waals surface area contributed by atoms with Crippen molar-refractivity contribution < 1.29 is 23.9 Å². The molecule has 1 amide bonds. The molecule has 0 aliphatic carbocycles. The molecule has 0 aromatic heterocycles. The van der Waals surface area contributed by atoms with Gasteiger partial charge in [0.1, 0.15) is 0 Å². The Hall–Kier alpha value is -2.28. The SMILES string of the molecule is CCOC(=O)Nc1ccc(C2CCN(OC(=O)OCC)CC2)cc1. The summed E-state index contributed by atoms with van der Waals surface area (Å²) in [4.78, 5) is 27.8. The number of carbonyl (C=O) groups excluding carboxylic acids is 2. The number of benzene rings is 1. The van der Waals surface area contributed by atoms with Crippen molar-refractivity contribution in [3.63, 3.8) is 0 Å². The van der Waals surface area contributed by atoms with Crippen LogP contribution in [0.2, 0.25) is 0 Å². The third-order valence-corrected chi connectivity index (χ3v) is 3.82. The molecule has 0 radical (unpaired) electrons. The van der Waals surface area contributed by atoms with Gasteiger partial charge >= 0.3 is 12.2 Å². The predicted molar refractivity (Wildman–Crippen MR) is 88.7 cm³/mol. The average Bonchev–Trinajstić information content (AvgIpc) is 2.57. The molecule has 7 heteroatoms. The van der Waals surface area contributed by atoms with Crippen LogP contribution in [0.1, 0.15) is 38.2 Å². The van der Waals surface area contributed by atoms with E-state index in [0.717, 1.165) is 12.8 Å². The summed E-state index contributed by atoms with van der Waals surface area (Å²) < 4.78 is 9.62. The highest BCUT2D eigenvalue weighted by Crippen LogP contribution is 2.29. The van der Waals surface area contributed by atoms with E-state index in [4.69, 9.17) is 14.3 Å². The van der Waals surface area contributed by atoms with Crippen LogP contribution in [-0.2, 0) is 14.3 Å². The number of amides is 1. The average molecular weight is 336 g/mol. The Morgan fingerprint density at radius 2 is 1.71 bits per heavy atom. The number of nitrogens with zero attached hydrogens (tertiary/aromatic N) is 1. The van der Waals surface area contributed by atoms with Gasteiger partial charge in [-0.3, -0.25) is 5.32 Å². The fourth-order valence-electron chi connectivity index (χ4n) is 2.65. The molecule has 1 fully saturated rings. The van der Waals surface area contributed by atoms with Crippen LogP contribution in [0.25, 0.3) is 0 Å². The van der Waals surface area contributed by atoms with Crippen molar-refractivity contribution in [1.82, 2.24) is 5.06 Å². The molecular formula is C17H24N2O5.